The highest BCUT2D eigenvalue weighted by Crippen LogP contribution is 2.65. The Bertz CT molecular complexity index is 302. The largest absolute Gasteiger partial charge is 0.328 e. The van der Waals surface area contributed by atoms with Gasteiger partial charge in [-0.25, -0.2) is 0 Å². The standard InChI is InChI=1S/C13H32O3PSi2/c1-11(2)15-17(14,16-12(3)4)13(18(5,6)7)19(8,9)10/h11-12H,1-10H3/q-1. The van der Waals surface area contributed by atoms with Gasteiger partial charge in [-0.05, 0) is 27.7 Å². The zero-order valence-electron chi connectivity index (χ0n) is 14.3. The molecular formula is C13H32O3PSi2-. The Balaban J connectivity index is 5.70. The average molecular weight is 324 g/mol. The second-order valence-electron chi connectivity index (χ2n) is 7.65. The monoisotopic (exact) mass is 323 g/mol. The normalized spacial score (nSPS) is 14.8. The van der Waals surface area contributed by atoms with Gasteiger partial charge < -0.3 is 9.05 Å². The van der Waals surface area contributed by atoms with Gasteiger partial charge in [0.2, 0.25) is 0 Å². The van der Waals surface area contributed by atoms with Gasteiger partial charge in [0.05, 0.1) is 12.2 Å². The van der Waals surface area contributed by atoms with Crippen LogP contribution in [0.5, 0.6) is 0 Å². The van der Waals surface area contributed by atoms with Gasteiger partial charge in [-0.1, -0.05) is 55.4 Å². The molecule has 0 saturated carbocycles. The van der Waals surface area contributed by atoms with Crippen molar-refractivity contribution in [3.63, 3.8) is 0 Å². The van der Waals surface area contributed by atoms with Crippen LogP contribution < -0.4 is 0 Å². The molecule has 0 heterocycles. The molecular weight excluding hydrogens is 291 g/mol. The van der Waals surface area contributed by atoms with E-state index >= 15 is 0 Å². The molecule has 116 valence electrons. The summed E-state index contributed by atoms with van der Waals surface area (Å²) in [4.78, 5) is 1.13. The summed E-state index contributed by atoms with van der Waals surface area (Å²) in [5.74, 6) is 0. The van der Waals surface area contributed by atoms with Crippen molar-refractivity contribution in [2.24, 2.45) is 0 Å². The molecule has 0 saturated heterocycles. The van der Waals surface area contributed by atoms with E-state index in [1.807, 2.05) is 27.7 Å². The minimum Gasteiger partial charge on any atom is -0.328 e. The second kappa shape index (κ2) is 6.57. The number of hydrogen-bond acceptors (Lipinski definition) is 3. The van der Waals surface area contributed by atoms with Crippen LogP contribution >= 0.6 is 7.60 Å². The Kier molecular flexibility index (Phi) is 6.77. The molecule has 6 heteroatoms. The third-order valence-corrected chi connectivity index (χ3v) is 17.3. The predicted molar refractivity (Wildman–Crippen MR) is 90.0 cm³/mol. The molecule has 0 bridgehead atoms. The first kappa shape index (κ1) is 19.6. The van der Waals surface area contributed by atoms with Crippen LogP contribution in [0, 0.1) is 4.91 Å². The molecule has 0 aliphatic carbocycles. The van der Waals surface area contributed by atoms with Crippen molar-refractivity contribution < 1.29 is 13.6 Å². The van der Waals surface area contributed by atoms with Crippen LogP contribution in [0.4, 0.5) is 0 Å². The summed E-state index contributed by atoms with van der Waals surface area (Å²) in [7, 11) is -6.60. The molecule has 19 heavy (non-hydrogen) atoms. The summed E-state index contributed by atoms with van der Waals surface area (Å²) in [5, 5.41) is 0. The van der Waals surface area contributed by atoms with E-state index in [2.05, 4.69) is 39.3 Å². The van der Waals surface area contributed by atoms with E-state index < -0.39 is 23.7 Å². The maximum Gasteiger partial charge on any atom is 0.187 e. The SMILES string of the molecule is CC(C)OP(=O)(OC(C)C)[C-]([Si](C)(C)C)[Si](C)(C)C. The van der Waals surface area contributed by atoms with Crippen LogP contribution in [0.3, 0.4) is 0 Å². The smallest absolute Gasteiger partial charge is 0.187 e. The predicted octanol–water partition coefficient (Wildman–Crippen LogP) is 5.32. The summed E-state index contributed by atoms with van der Waals surface area (Å²) in [6.45, 7) is 21.1. The van der Waals surface area contributed by atoms with Gasteiger partial charge in [0.1, 0.15) is 0 Å². The van der Waals surface area contributed by atoms with Crippen molar-refractivity contribution >= 4 is 23.7 Å². The Morgan fingerprint density at radius 3 is 1.21 bits per heavy atom. The molecule has 0 rings (SSSR count). The molecule has 0 aliphatic heterocycles. The molecule has 0 atom stereocenters. The molecule has 0 aromatic rings. The van der Waals surface area contributed by atoms with E-state index in [4.69, 9.17) is 9.05 Å². The van der Waals surface area contributed by atoms with Crippen molar-refractivity contribution in [1.82, 2.24) is 0 Å². The third kappa shape index (κ3) is 6.26. The Hall–Kier alpha value is 0.584. The minimum atomic E-state index is -3.14. The zero-order chi connectivity index (χ0) is 15.6. The highest BCUT2D eigenvalue weighted by Gasteiger charge is 2.39. The van der Waals surface area contributed by atoms with Crippen LogP contribution in [0.2, 0.25) is 39.3 Å². The van der Waals surface area contributed by atoms with Gasteiger partial charge in [-0.2, -0.15) is 4.91 Å². The zero-order valence-corrected chi connectivity index (χ0v) is 17.2. The van der Waals surface area contributed by atoms with E-state index in [9.17, 15) is 4.57 Å². The molecule has 0 aromatic heterocycles. The van der Waals surface area contributed by atoms with Crippen LogP contribution in [0.25, 0.3) is 0 Å². The summed E-state index contributed by atoms with van der Waals surface area (Å²) >= 11 is 0. The Morgan fingerprint density at radius 2 is 1.05 bits per heavy atom. The van der Waals surface area contributed by atoms with Crippen molar-refractivity contribution in [3.05, 3.63) is 4.91 Å². The molecule has 0 amide bonds. The van der Waals surface area contributed by atoms with E-state index in [0.29, 0.717) is 0 Å². The third-order valence-electron chi connectivity index (χ3n) is 2.39. The van der Waals surface area contributed by atoms with Gasteiger partial charge in [0.15, 0.2) is 7.60 Å². The van der Waals surface area contributed by atoms with E-state index in [1.54, 1.807) is 0 Å². The highest BCUT2D eigenvalue weighted by atomic mass is 31.2. The molecule has 0 N–H and O–H groups in total. The fraction of sp³-hybridized carbons (Fsp3) is 0.923. The average Bonchev–Trinajstić information content (AvgIpc) is 1.90. The fourth-order valence-electron chi connectivity index (χ4n) is 2.63. The topological polar surface area (TPSA) is 35.5 Å². The number of hydrogen-bond donors (Lipinski definition) is 0. The molecule has 0 unspecified atom stereocenters. The van der Waals surface area contributed by atoms with Crippen molar-refractivity contribution in [2.75, 3.05) is 0 Å². The second-order valence-corrected chi connectivity index (χ2v) is 20.9. The van der Waals surface area contributed by atoms with Crippen LogP contribution in [0.15, 0.2) is 0 Å². The van der Waals surface area contributed by atoms with Crippen LogP contribution in [0.1, 0.15) is 27.7 Å². The lowest BCUT2D eigenvalue weighted by atomic mass is 10.5. The lowest BCUT2D eigenvalue weighted by molar-refractivity contribution is 0.146. The lowest BCUT2D eigenvalue weighted by Gasteiger charge is -2.55. The molecule has 3 nitrogen and oxygen atoms in total. The van der Waals surface area contributed by atoms with E-state index in [-0.39, 0.29) is 12.2 Å². The lowest BCUT2D eigenvalue weighted by Crippen LogP contribution is -2.47. The van der Waals surface area contributed by atoms with Gasteiger partial charge in [-0.3, -0.25) is 4.57 Å². The quantitative estimate of drug-likeness (QED) is 0.361. The molecule has 0 aliphatic rings. The summed E-state index contributed by atoms with van der Waals surface area (Å²) < 4.78 is 25.1. The van der Waals surface area contributed by atoms with E-state index in [1.165, 1.54) is 0 Å². The summed E-state index contributed by atoms with van der Waals surface area (Å²) in [6, 6.07) is 0. The van der Waals surface area contributed by atoms with Crippen molar-refractivity contribution in [1.29, 1.82) is 0 Å². The van der Waals surface area contributed by atoms with Gasteiger partial charge in [-0.15, -0.1) is 0 Å². The van der Waals surface area contributed by atoms with Gasteiger partial charge >= 0.3 is 0 Å². The summed E-state index contributed by atoms with van der Waals surface area (Å²) in [6.07, 6.45) is -0.181. The fourth-order valence-corrected chi connectivity index (χ4v) is 20.2. The first-order chi connectivity index (χ1) is 8.20. The maximum atomic E-state index is 13.4. The highest BCUT2D eigenvalue weighted by molar-refractivity contribution is 7.66. The molecule has 0 aromatic carbocycles. The molecule has 0 radical (unpaired) electrons. The molecule has 0 spiro atoms. The minimum absolute atomic E-state index is 0.0905. The van der Waals surface area contributed by atoms with Crippen LogP contribution in [-0.2, 0) is 13.6 Å². The van der Waals surface area contributed by atoms with Crippen molar-refractivity contribution in [3.8, 4) is 0 Å². The molecule has 0 fully saturated rings. The first-order valence-corrected chi connectivity index (χ1v) is 15.6. The van der Waals surface area contributed by atoms with Crippen LogP contribution in [-0.4, -0.2) is 28.4 Å². The van der Waals surface area contributed by atoms with Gasteiger partial charge in [0.25, 0.3) is 0 Å². The van der Waals surface area contributed by atoms with Gasteiger partial charge in [0, 0.05) is 0 Å². The summed E-state index contributed by atoms with van der Waals surface area (Å²) in [5.41, 5.74) is 0. The van der Waals surface area contributed by atoms with E-state index in [0.717, 1.165) is 4.91 Å². The first-order valence-electron chi connectivity index (χ1n) is 7.05. The van der Waals surface area contributed by atoms with Crippen molar-refractivity contribution in [2.45, 2.75) is 79.2 Å². The Morgan fingerprint density at radius 1 is 0.789 bits per heavy atom. The Labute approximate surface area is 122 Å². The maximum absolute atomic E-state index is 13.4. The number of rotatable bonds is 7.